The van der Waals surface area contributed by atoms with E-state index in [1.54, 1.807) is 18.2 Å². The quantitative estimate of drug-likeness (QED) is 0.217. The molecule has 0 aromatic heterocycles. The van der Waals surface area contributed by atoms with Gasteiger partial charge in [0.05, 0.1) is 16.5 Å². The van der Waals surface area contributed by atoms with Gasteiger partial charge in [-0.15, -0.1) is 0 Å². The molecule has 1 fully saturated rings. The van der Waals surface area contributed by atoms with Gasteiger partial charge >= 0.3 is 0 Å². The van der Waals surface area contributed by atoms with Crippen LogP contribution in [-0.4, -0.2) is 71.9 Å². The van der Waals surface area contributed by atoms with Crippen LogP contribution >= 0.6 is 0 Å². The number of hydrogen-bond acceptors (Lipinski definition) is 8. The Kier molecular flexibility index (Phi) is 6.51. The molecular formula is C24H25N3O7. The average Bonchev–Trinajstić information content (AvgIpc) is 3.08. The number of amides is 1. The normalized spacial score (nSPS) is 19.0. The van der Waals surface area contributed by atoms with Gasteiger partial charge in [-0.1, -0.05) is 0 Å². The van der Waals surface area contributed by atoms with Crippen molar-refractivity contribution < 1.29 is 29.1 Å². The Hall–Kier alpha value is -3.92. The number of nitro groups is 1. The van der Waals surface area contributed by atoms with Gasteiger partial charge in [-0.2, -0.15) is 0 Å². The summed E-state index contributed by atoms with van der Waals surface area (Å²) in [5.74, 6) is -0.906. The van der Waals surface area contributed by atoms with Crippen LogP contribution in [-0.2, 0) is 9.59 Å². The van der Waals surface area contributed by atoms with Gasteiger partial charge in [0.1, 0.15) is 19.0 Å². The molecule has 1 N–H and O–H groups in total. The monoisotopic (exact) mass is 467 g/mol. The predicted octanol–water partition coefficient (Wildman–Crippen LogP) is 2.74. The largest absolute Gasteiger partial charge is 0.507 e. The van der Waals surface area contributed by atoms with E-state index in [4.69, 9.17) is 9.47 Å². The van der Waals surface area contributed by atoms with Gasteiger partial charge < -0.3 is 24.4 Å². The fraction of sp³-hybridized carbons (Fsp3) is 0.333. The minimum Gasteiger partial charge on any atom is -0.507 e. The highest BCUT2D eigenvalue weighted by Gasteiger charge is 2.46. The number of aliphatic hydroxyl groups excluding tert-OH is 1. The van der Waals surface area contributed by atoms with E-state index >= 15 is 0 Å². The fourth-order valence-corrected chi connectivity index (χ4v) is 4.14. The van der Waals surface area contributed by atoms with E-state index in [0.717, 1.165) is 0 Å². The number of hydrogen-bond donors (Lipinski definition) is 1. The summed E-state index contributed by atoms with van der Waals surface area (Å²) >= 11 is 0. The summed E-state index contributed by atoms with van der Waals surface area (Å²) in [5, 5.41) is 22.3. The highest BCUT2D eigenvalue weighted by Crippen LogP contribution is 2.41. The highest BCUT2D eigenvalue weighted by molar-refractivity contribution is 6.46. The summed E-state index contributed by atoms with van der Waals surface area (Å²) < 4.78 is 11.1. The molecule has 1 saturated heterocycles. The minimum atomic E-state index is -0.879. The van der Waals surface area contributed by atoms with Gasteiger partial charge in [-0.05, 0) is 63.0 Å². The highest BCUT2D eigenvalue weighted by atomic mass is 16.6. The summed E-state index contributed by atoms with van der Waals surface area (Å²) in [4.78, 5) is 40.0. The zero-order valence-corrected chi connectivity index (χ0v) is 18.9. The molecule has 2 aliphatic rings. The topological polar surface area (TPSA) is 122 Å². The Bertz CT molecular complexity index is 1160. The van der Waals surface area contributed by atoms with Crippen LogP contribution in [0.2, 0.25) is 0 Å². The molecule has 2 aliphatic heterocycles. The molecule has 2 heterocycles. The smallest absolute Gasteiger partial charge is 0.295 e. The average molecular weight is 467 g/mol. The first-order chi connectivity index (χ1) is 16.3. The second-order valence-corrected chi connectivity index (χ2v) is 8.36. The van der Waals surface area contributed by atoms with Gasteiger partial charge in [0, 0.05) is 24.2 Å². The number of non-ortho nitro benzene ring substituents is 1. The van der Waals surface area contributed by atoms with Crippen LogP contribution < -0.4 is 9.47 Å². The molecule has 34 heavy (non-hydrogen) atoms. The summed E-state index contributed by atoms with van der Waals surface area (Å²) in [6, 6.07) is 9.56. The van der Waals surface area contributed by atoms with Gasteiger partial charge in [0.25, 0.3) is 17.4 Å². The standard InChI is InChI=1S/C24H25N3O7/c1-25(2)10-3-11-26-21(15-4-7-17(8-5-15)27(31)32)20(23(29)24(26)30)22(28)16-6-9-18-19(14-16)34-13-12-33-18/h4-9,14,21,28H,3,10-13H2,1-2H3. The fourth-order valence-electron chi connectivity index (χ4n) is 4.14. The number of ether oxygens (including phenoxy) is 2. The van der Waals surface area contributed by atoms with Gasteiger partial charge in [-0.25, -0.2) is 0 Å². The number of ketones is 1. The van der Waals surface area contributed by atoms with Crippen molar-refractivity contribution in [2.45, 2.75) is 12.5 Å². The molecule has 2 aromatic carbocycles. The van der Waals surface area contributed by atoms with E-state index in [0.29, 0.717) is 48.8 Å². The van der Waals surface area contributed by atoms with E-state index in [1.807, 2.05) is 19.0 Å². The van der Waals surface area contributed by atoms with Gasteiger partial charge in [0.2, 0.25) is 0 Å². The molecule has 10 heteroatoms. The second-order valence-electron chi connectivity index (χ2n) is 8.36. The molecule has 0 radical (unpaired) electrons. The van der Waals surface area contributed by atoms with Crippen LogP contribution in [0.4, 0.5) is 5.69 Å². The van der Waals surface area contributed by atoms with Crippen molar-refractivity contribution in [1.82, 2.24) is 9.80 Å². The van der Waals surface area contributed by atoms with Crippen LogP contribution in [0.5, 0.6) is 11.5 Å². The Labute approximate surface area is 196 Å². The number of rotatable bonds is 7. The number of fused-ring (bicyclic) bond motifs is 1. The number of benzene rings is 2. The van der Waals surface area contributed by atoms with Crippen molar-refractivity contribution in [2.75, 3.05) is 40.4 Å². The van der Waals surface area contributed by atoms with Crippen LogP contribution in [0, 0.1) is 10.1 Å². The summed E-state index contributed by atoms with van der Waals surface area (Å²) in [7, 11) is 3.81. The summed E-state index contributed by atoms with van der Waals surface area (Å²) in [6.45, 7) is 1.74. The van der Waals surface area contributed by atoms with E-state index in [1.165, 1.54) is 29.2 Å². The second kappa shape index (κ2) is 9.52. The number of nitro benzene ring substituents is 1. The first-order valence-corrected chi connectivity index (χ1v) is 10.9. The predicted molar refractivity (Wildman–Crippen MR) is 123 cm³/mol. The molecule has 0 aliphatic carbocycles. The van der Waals surface area contributed by atoms with E-state index in [2.05, 4.69) is 0 Å². The van der Waals surface area contributed by atoms with Crippen molar-refractivity contribution in [3.63, 3.8) is 0 Å². The Morgan fingerprint density at radius 1 is 1.12 bits per heavy atom. The SMILES string of the molecule is CN(C)CCCN1C(=O)C(=O)C(=C(O)c2ccc3c(c2)OCCO3)C1c1ccc([N+](=O)[O-])cc1. The van der Waals surface area contributed by atoms with Gasteiger partial charge in [0.15, 0.2) is 11.5 Å². The van der Waals surface area contributed by atoms with Crippen molar-refractivity contribution in [3.8, 4) is 11.5 Å². The first kappa shape index (κ1) is 23.2. The molecule has 4 rings (SSSR count). The third-order valence-electron chi connectivity index (χ3n) is 5.78. The third kappa shape index (κ3) is 4.44. The molecule has 2 aromatic rings. The molecule has 0 spiro atoms. The van der Waals surface area contributed by atoms with Crippen LogP contribution in [0.3, 0.4) is 0 Å². The molecule has 1 atom stereocenters. The van der Waals surface area contributed by atoms with Crippen LogP contribution in [0.25, 0.3) is 5.76 Å². The summed E-state index contributed by atoms with van der Waals surface area (Å²) in [5.41, 5.74) is 0.622. The Balaban J connectivity index is 1.78. The molecule has 1 amide bonds. The molecule has 0 bridgehead atoms. The number of likely N-dealkylation sites (tertiary alicyclic amines) is 1. The molecule has 10 nitrogen and oxygen atoms in total. The van der Waals surface area contributed by atoms with E-state index in [9.17, 15) is 24.8 Å². The molecule has 0 saturated carbocycles. The number of Topliss-reactive ketones (excluding diaryl/α,β-unsaturated/α-hetero) is 1. The van der Waals surface area contributed by atoms with Crippen molar-refractivity contribution in [1.29, 1.82) is 0 Å². The van der Waals surface area contributed by atoms with Crippen molar-refractivity contribution >= 4 is 23.1 Å². The maximum Gasteiger partial charge on any atom is 0.295 e. The van der Waals surface area contributed by atoms with E-state index in [-0.39, 0.29) is 23.6 Å². The van der Waals surface area contributed by atoms with E-state index < -0.39 is 22.7 Å². The molecular weight excluding hydrogens is 442 g/mol. The molecule has 178 valence electrons. The molecule has 1 unspecified atom stereocenters. The van der Waals surface area contributed by atoms with Crippen LogP contribution in [0.15, 0.2) is 48.0 Å². The number of nitrogens with zero attached hydrogens (tertiary/aromatic N) is 3. The Morgan fingerprint density at radius 3 is 2.44 bits per heavy atom. The minimum absolute atomic E-state index is 0.0691. The lowest BCUT2D eigenvalue weighted by atomic mass is 9.95. The van der Waals surface area contributed by atoms with Crippen molar-refractivity contribution in [3.05, 3.63) is 69.3 Å². The number of carbonyl (C=O) groups is 2. The van der Waals surface area contributed by atoms with Crippen LogP contribution in [0.1, 0.15) is 23.6 Å². The number of carbonyl (C=O) groups excluding carboxylic acids is 2. The Morgan fingerprint density at radius 2 is 1.79 bits per heavy atom. The zero-order chi connectivity index (χ0) is 24.4. The third-order valence-corrected chi connectivity index (χ3v) is 5.78. The van der Waals surface area contributed by atoms with Crippen molar-refractivity contribution in [2.24, 2.45) is 0 Å². The zero-order valence-electron chi connectivity index (χ0n) is 18.9. The summed E-state index contributed by atoms with van der Waals surface area (Å²) in [6.07, 6.45) is 0.605. The lowest BCUT2D eigenvalue weighted by molar-refractivity contribution is -0.384. The maximum absolute atomic E-state index is 13.1. The maximum atomic E-state index is 13.1. The number of aliphatic hydroxyl groups is 1. The van der Waals surface area contributed by atoms with Gasteiger partial charge in [-0.3, -0.25) is 19.7 Å². The lowest BCUT2D eigenvalue weighted by Crippen LogP contribution is -2.32. The first-order valence-electron chi connectivity index (χ1n) is 10.9. The lowest BCUT2D eigenvalue weighted by Gasteiger charge is -2.26.